The molecule has 23 heavy (non-hydrogen) atoms. The first kappa shape index (κ1) is 17.3. The van der Waals surface area contributed by atoms with Crippen molar-refractivity contribution in [1.29, 1.82) is 0 Å². The van der Waals surface area contributed by atoms with Gasteiger partial charge in [-0.05, 0) is 42.3 Å². The largest absolute Gasteiger partial charge is 0.508 e. The van der Waals surface area contributed by atoms with Gasteiger partial charge in [-0.3, -0.25) is 0 Å². The predicted octanol–water partition coefficient (Wildman–Crippen LogP) is 2.93. The third-order valence-electron chi connectivity index (χ3n) is 3.09. The van der Waals surface area contributed by atoms with Crippen LogP contribution >= 0.6 is 0 Å². The smallest absolute Gasteiger partial charge is 0.416 e. The minimum Gasteiger partial charge on any atom is -0.508 e. The fraction of sp³-hybridized carbons (Fsp3) is 0.200. The zero-order chi connectivity index (χ0) is 17.1. The van der Waals surface area contributed by atoms with Crippen molar-refractivity contribution in [3.05, 3.63) is 59.7 Å². The van der Waals surface area contributed by atoms with Gasteiger partial charge in [0.05, 0.1) is 10.5 Å². The number of halogens is 3. The van der Waals surface area contributed by atoms with Crippen LogP contribution in [-0.2, 0) is 22.6 Å². The standard InChI is InChI=1S/C15H14F3NO3S/c16-15(17,18)12-4-2-6-14(10-12)23(21,22)19-8-7-11-3-1-5-13(20)9-11/h1-6,9-10,19-20H,7-8H2. The molecule has 0 bridgehead atoms. The van der Waals surface area contributed by atoms with Gasteiger partial charge in [0.15, 0.2) is 0 Å². The van der Waals surface area contributed by atoms with E-state index in [-0.39, 0.29) is 12.3 Å². The van der Waals surface area contributed by atoms with Crippen LogP contribution in [0, 0.1) is 0 Å². The highest BCUT2D eigenvalue weighted by molar-refractivity contribution is 7.89. The molecule has 0 aliphatic heterocycles. The maximum Gasteiger partial charge on any atom is 0.416 e. The zero-order valence-corrected chi connectivity index (χ0v) is 12.7. The van der Waals surface area contributed by atoms with E-state index in [4.69, 9.17) is 0 Å². The summed E-state index contributed by atoms with van der Waals surface area (Å²) in [4.78, 5) is -0.441. The zero-order valence-electron chi connectivity index (χ0n) is 11.8. The topological polar surface area (TPSA) is 66.4 Å². The van der Waals surface area contributed by atoms with Gasteiger partial charge in [0.2, 0.25) is 10.0 Å². The molecular weight excluding hydrogens is 331 g/mol. The molecule has 2 aromatic rings. The maximum absolute atomic E-state index is 12.6. The van der Waals surface area contributed by atoms with Gasteiger partial charge in [-0.2, -0.15) is 13.2 Å². The van der Waals surface area contributed by atoms with E-state index in [9.17, 15) is 26.7 Å². The van der Waals surface area contributed by atoms with Gasteiger partial charge in [-0.1, -0.05) is 18.2 Å². The molecule has 0 saturated heterocycles. The fourth-order valence-electron chi connectivity index (χ4n) is 1.96. The normalized spacial score (nSPS) is 12.3. The number of nitrogens with one attached hydrogen (secondary N) is 1. The predicted molar refractivity (Wildman–Crippen MR) is 78.4 cm³/mol. The second kappa shape index (κ2) is 6.59. The maximum atomic E-state index is 12.6. The number of hydrogen-bond acceptors (Lipinski definition) is 3. The van der Waals surface area contributed by atoms with E-state index < -0.39 is 26.7 Å². The quantitative estimate of drug-likeness (QED) is 0.876. The highest BCUT2D eigenvalue weighted by Gasteiger charge is 2.31. The molecule has 0 aromatic heterocycles. The summed E-state index contributed by atoms with van der Waals surface area (Å²) in [6, 6.07) is 9.85. The summed E-state index contributed by atoms with van der Waals surface area (Å²) in [6.07, 6.45) is -4.31. The van der Waals surface area contributed by atoms with E-state index in [0.29, 0.717) is 18.1 Å². The van der Waals surface area contributed by atoms with E-state index in [1.54, 1.807) is 12.1 Å². The molecule has 0 fully saturated rings. The van der Waals surface area contributed by atoms with Gasteiger partial charge in [0.25, 0.3) is 0 Å². The molecule has 0 aliphatic rings. The average molecular weight is 345 g/mol. The summed E-state index contributed by atoms with van der Waals surface area (Å²) in [7, 11) is -4.04. The second-order valence-electron chi connectivity index (χ2n) is 4.84. The molecule has 4 nitrogen and oxygen atoms in total. The molecule has 0 heterocycles. The number of phenolic OH excluding ortho intramolecular Hbond substituents is 1. The lowest BCUT2D eigenvalue weighted by atomic mass is 10.1. The summed E-state index contributed by atoms with van der Waals surface area (Å²) in [5, 5.41) is 9.31. The Hall–Kier alpha value is -2.06. The first-order valence-electron chi connectivity index (χ1n) is 6.63. The Morgan fingerprint density at radius 3 is 2.39 bits per heavy atom. The lowest BCUT2D eigenvalue weighted by Gasteiger charge is -2.10. The van der Waals surface area contributed by atoms with Crippen LogP contribution in [0.1, 0.15) is 11.1 Å². The highest BCUT2D eigenvalue weighted by Crippen LogP contribution is 2.30. The number of hydrogen-bond donors (Lipinski definition) is 2. The third kappa shape index (κ3) is 4.70. The minimum atomic E-state index is -4.60. The number of benzene rings is 2. The van der Waals surface area contributed by atoms with Crippen LogP contribution < -0.4 is 4.72 Å². The first-order valence-corrected chi connectivity index (χ1v) is 8.12. The molecule has 2 N–H and O–H groups in total. The van der Waals surface area contributed by atoms with E-state index in [1.807, 2.05) is 0 Å². The Kier molecular flexibility index (Phi) is 4.96. The summed E-state index contributed by atoms with van der Waals surface area (Å²) in [5.74, 6) is 0.0586. The van der Waals surface area contributed by atoms with Crippen molar-refractivity contribution in [2.24, 2.45) is 0 Å². The molecule has 124 valence electrons. The van der Waals surface area contributed by atoms with Crippen LogP contribution in [0.2, 0.25) is 0 Å². The van der Waals surface area contributed by atoms with Crippen molar-refractivity contribution < 1.29 is 26.7 Å². The number of aromatic hydroxyl groups is 1. The Morgan fingerprint density at radius 1 is 1.04 bits per heavy atom. The van der Waals surface area contributed by atoms with Crippen molar-refractivity contribution in [3.8, 4) is 5.75 Å². The Morgan fingerprint density at radius 2 is 1.74 bits per heavy atom. The van der Waals surface area contributed by atoms with Crippen molar-refractivity contribution in [1.82, 2.24) is 4.72 Å². The number of sulfonamides is 1. The number of phenols is 1. The van der Waals surface area contributed by atoms with Gasteiger partial charge in [-0.15, -0.1) is 0 Å². The van der Waals surface area contributed by atoms with E-state index in [0.717, 1.165) is 18.2 Å². The van der Waals surface area contributed by atoms with Gasteiger partial charge in [0.1, 0.15) is 5.75 Å². The average Bonchev–Trinajstić information content (AvgIpc) is 2.46. The molecule has 0 aliphatic carbocycles. The summed E-state index contributed by atoms with van der Waals surface area (Å²) >= 11 is 0. The van der Waals surface area contributed by atoms with E-state index in [2.05, 4.69) is 4.72 Å². The minimum absolute atomic E-state index is 0.00202. The van der Waals surface area contributed by atoms with Crippen molar-refractivity contribution in [2.75, 3.05) is 6.54 Å². The fourth-order valence-corrected chi connectivity index (χ4v) is 3.04. The van der Waals surface area contributed by atoms with Crippen molar-refractivity contribution >= 4 is 10.0 Å². The number of rotatable bonds is 5. The summed E-state index contributed by atoms with van der Waals surface area (Å²) in [5.41, 5.74) is -0.315. The van der Waals surface area contributed by atoms with Crippen LogP contribution in [0.25, 0.3) is 0 Å². The van der Waals surface area contributed by atoms with Crippen LogP contribution in [0.4, 0.5) is 13.2 Å². The molecule has 0 unspecified atom stereocenters. The lowest BCUT2D eigenvalue weighted by Crippen LogP contribution is -2.26. The van der Waals surface area contributed by atoms with Crippen LogP contribution in [0.5, 0.6) is 5.75 Å². The first-order chi connectivity index (χ1) is 10.7. The van der Waals surface area contributed by atoms with Crippen LogP contribution in [0.3, 0.4) is 0 Å². The van der Waals surface area contributed by atoms with Gasteiger partial charge in [-0.25, -0.2) is 13.1 Å². The van der Waals surface area contributed by atoms with Crippen molar-refractivity contribution in [2.45, 2.75) is 17.5 Å². The molecular formula is C15H14F3NO3S. The molecule has 0 amide bonds. The van der Waals surface area contributed by atoms with E-state index >= 15 is 0 Å². The number of alkyl halides is 3. The molecule has 2 rings (SSSR count). The Labute approximate surface area is 131 Å². The third-order valence-corrected chi connectivity index (χ3v) is 4.55. The Balaban J connectivity index is 2.07. The van der Waals surface area contributed by atoms with Gasteiger partial charge < -0.3 is 5.11 Å². The highest BCUT2D eigenvalue weighted by atomic mass is 32.2. The SMILES string of the molecule is O=S(=O)(NCCc1cccc(O)c1)c1cccc(C(F)(F)F)c1. The summed E-state index contributed by atoms with van der Waals surface area (Å²) in [6.45, 7) is 0.00202. The Bertz CT molecular complexity index is 789. The van der Waals surface area contributed by atoms with Crippen LogP contribution in [-0.4, -0.2) is 20.1 Å². The molecule has 0 spiro atoms. The second-order valence-corrected chi connectivity index (χ2v) is 6.61. The van der Waals surface area contributed by atoms with Gasteiger partial charge in [0, 0.05) is 6.54 Å². The van der Waals surface area contributed by atoms with E-state index in [1.165, 1.54) is 12.1 Å². The molecule has 2 aromatic carbocycles. The van der Waals surface area contributed by atoms with Crippen LogP contribution in [0.15, 0.2) is 53.4 Å². The van der Waals surface area contributed by atoms with Gasteiger partial charge >= 0.3 is 6.18 Å². The monoisotopic (exact) mass is 345 g/mol. The molecule has 8 heteroatoms. The van der Waals surface area contributed by atoms with Crippen molar-refractivity contribution in [3.63, 3.8) is 0 Å². The summed E-state index contributed by atoms with van der Waals surface area (Å²) < 4.78 is 64.2. The molecule has 0 atom stereocenters. The lowest BCUT2D eigenvalue weighted by molar-refractivity contribution is -0.137. The molecule has 0 saturated carbocycles. The molecule has 0 radical (unpaired) electrons.